The Bertz CT molecular complexity index is 933. The van der Waals surface area contributed by atoms with Crippen molar-refractivity contribution in [3.05, 3.63) is 59.2 Å². The largest absolute Gasteiger partial charge is 0.356 e. The lowest BCUT2D eigenvalue weighted by atomic mass is 10.00. The number of sulfonamides is 1. The summed E-state index contributed by atoms with van der Waals surface area (Å²) in [5.74, 6) is 0. The third-order valence-corrected chi connectivity index (χ3v) is 7.84. The second kappa shape index (κ2) is 7.85. The fourth-order valence-electron chi connectivity index (χ4n) is 4.29. The minimum atomic E-state index is -3.43. The molecular weight excluding hydrogens is 372 g/mol. The molecule has 0 unspecified atom stereocenters. The van der Waals surface area contributed by atoms with Crippen LogP contribution in [0.3, 0.4) is 0 Å². The van der Waals surface area contributed by atoms with Crippen LogP contribution in [-0.2, 0) is 27.8 Å². The van der Waals surface area contributed by atoms with Crippen LogP contribution >= 0.6 is 0 Å². The van der Waals surface area contributed by atoms with E-state index in [4.69, 9.17) is 4.74 Å². The molecule has 0 aliphatic carbocycles. The van der Waals surface area contributed by atoms with E-state index in [-0.39, 0.29) is 0 Å². The smallest absolute Gasteiger partial charge is 0.243 e. The van der Waals surface area contributed by atoms with Crippen molar-refractivity contribution in [2.45, 2.75) is 50.7 Å². The minimum Gasteiger partial charge on any atom is -0.356 e. The van der Waals surface area contributed by atoms with Crippen LogP contribution in [0.2, 0.25) is 0 Å². The number of anilines is 1. The normalized spacial score (nSPS) is 18.9. The first-order valence-corrected chi connectivity index (χ1v) is 11.5. The molecular formula is C22H28N2O3S. The maximum atomic E-state index is 13.0. The third kappa shape index (κ3) is 3.56. The van der Waals surface area contributed by atoms with E-state index in [2.05, 4.69) is 36.9 Å². The minimum absolute atomic E-state index is 0.300. The fourth-order valence-corrected chi connectivity index (χ4v) is 5.76. The predicted molar refractivity (Wildman–Crippen MR) is 111 cm³/mol. The van der Waals surface area contributed by atoms with Crippen LogP contribution in [0.25, 0.3) is 0 Å². The average Bonchev–Trinajstić information content (AvgIpc) is 2.74. The van der Waals surface area contributed by atoms with Crippen LogP contribution in [0, 0.1) is 6.92 Å². The summed E-state index contributed by atoms with van der Waals surface area (Å²) in [5, 5.41) is 0. The highest BCUT2D eigenvalue weighted by atomic mass is 32.2. The molecule has 2 aromatic carbocycles. The van der Waals surface area contributed by atoms with Gasteiger partial charge >= 0.3 is 0 Å². The molecule has 2 aliphatic rings. The van der Waals surface area contributed by atoms with Gasteiger partial charge in [0.1, 0.15) is 6.73 Å². The highest BCUT2D eigenvalue weighted by Crippen LogP contribution is 2.34. The van der Waals surface area contributed by atoms with Gasteiger partial charge in [0, 0.05) is 30.4 Å². The number of hydrogen-bond acceptors (Lipinski definition) is 4. The highest BCUT2D eigenvalue weighted by Gasteiger charge is 2.33. The van der Waals surface area contributed by atoms with Crippen LogP contribution in [0.5, 0.6) is 0 Å². The first-order valence-electron chi connectivity index (χ1n) is 10.0. The number of rotatable bonds is 4. The zero-order valence-corrected chi connectivity index (χ0v) is 17.4. The summed E-state index contributed by atoms with van der Waals surface area (Å²) in [5.41, 5.74) is 4.89. The first kappa shape index (κ1) is 19.4. The second-order valence-electron chi connectivity index (χ2n) is 7.66. The Hall–Kier alpha value is -1.89. The number of fused-ring (bicyclic) bond motifs is 1. The van der Waals surface area contributed by atoms with Crippen molar-refractivity contribution >= 4 is 15.7 Å². The van der Waals surface area contributed by atoms with Gasteiger partial charge in [0.15, 0.2) is 0 Å². The van der Waals surface area contributed by atoms with Crippen molar-refractivity contribution in [1.29, 1.82) is 0 Å². The lowest BCUT2D eigenvalue weighted by Gasteiger charge is -2.42. The van der Waals surface area contributed by atoms with Gasteiger partial charge < -0.3 is 9.64 Å². The van der Waals surface area contributed by atoms with E-state index < -0.39 is 10.0 Å². The standard InChI is InChI=1S/C22H28N2O3S/c1-3-18-7-9-21(10-8-18)28(25,26)23-13-11-20(12-14-23)24-16-27-15-19-6-4-5-17(2)22(19)24/h4-10,20H,3,11-16H2,1-2H3. The molecule has 0 saturated carbocycles. The lowest BCUT2D eigenvalue weighted by molar-refractivity contribution is 0.0986. The first-order chi connectivity index (χ1) is 13.5. The van der Waals surface area contributed by atoms with E-state index in [1.807, 2.05) is 12.1 Å². The summed E-state index contributed by atoms with van der Waals surface area (Å²) < 4.78 is 33.4. The molecule has 0 aromatic heterocycles. The molecule has 5 nitrogen and oxygen atoms in total. The monoisotopic (exact) mass is 400 g/mol. The SMILES string of the molecule is CCc1ccc(S(=O)(=O)N2CCC(N3COCc4cccc(C)c43)CC2)cc1. The number of benzene rings is 2. The molecule has 0 spiro atoms. The van der Waals surface area contributed by atoms with Gasteiger partial charge in [0.05, 0.1) is 11.5 Å². The molecule has 1 saturated heterocycles. The molecule has 0 radical (unpaired) electrons. The summed E-state index contributed by atoms with van der Waals surface area (Å²) in [6.45, 7) is 6.51. The summed E-state index contributed by atoms with van der Waals surface area (Å²) in [7, 11) is -3.43. The molecule has 4 rings (SSSR count). The summed E-state index contributed by atoms with van der Waals surface area (Å²) in [4.78, 5) is 2.72. The molecule has 0 amide bonds. The maximum absolute atomic E-state index is 13.0. The van der Waals surface area contributed by atoms with Crippen molar-refractivity contribution < 1.29 is 13.2 Å². The van der Waals surface area contributed by atoms with Gasteiger partial charge in [-0.2, -0.15) is 4.31 Å². The predicted octanol–water partition coefficient (Wildman–Crippen LogP) is 3.70. The van der Waals surface area contributed by atoms with Crippen molar-refractivity contribution in [3.63, 3.8) is 0 Å². The van der Waals surface area contributed by atoms with E-state index in [9.17, 15) is 8.42 Å². The molecule has 0 N–H and O–H groups in total. The van der Waals surface area contributed by atoms with E-state index in [0.29, 0.717) is 37.4 Å². The molecule has 6 heteroatoms. The van der Waals surface area contributed by atoms with Gasteiger partial charge in [-0.15, -0.1) is 0 Å². The Balaban J connectivity index is 1.48. The van der Waals surface area contributed by atoms with Gasteiger partial charge in [0.2, 0.25) is 10.0 Å². The molecule has 2 heterocycles. The van der Waals surface area contributed by atoms with E-state index in [0.717, 1.165) is 24.8 Å². The molecule has 150 valence electrons. The van der Waals surface area contributed by atoms with Gasteiger partial charge in [-0.05, 0) is 49.4 Å². The molecule has 2 aliphatic heterocycles. The molecule has 0 bridgehead atoms. The zero-order chi connectivity index (χ0) is 19.7. The Labute approximate surface area is 168 Å². The van der Waals surface area contributed by atoms with Crippen LogP contribution < -0.4 is 4.90 Å². The van der Waals surface area contributed by atoms with Crippen molar-refractivity contribution in [2.75, 3.05) is 24.7 Å². The van der Waals surface area contributed by atoms with E-state index in [1.165, 1.54) is 16.8 Å². The fraction of sp³-hybridized carbons (Fsp3) is 0.455. The number of ether oxygens (including phenoxy) is 1. The van der Waals surface area contributed by atoms with Crippen molar-refractivity contribution in [3.8, 4) is 0 Å². The van der Waals surface area contributed by atoms with Crippen molar-refractivity contribution in [1.82, 2.24) is 4.31 Å². The zero-order valence-electron chi connectivity index (χ0n) is 16.6. The molecule has 0 atom stereocenters. The molecule has 2 aromatic rings. The highest BCUT2D eigenvalue weighted by molar-refractivity contribution is 7.89. The van der Waals surface area contributed by atoms with Gasteiger partial charge in [-0.3, -0.25) is 0 Å². The van der Waals surface area contributed by atoms with Crippen LogP contribution in [-0.4, -0.2) is 38.6 Å². The summed E-state index contributed by atoms with van der Waals surface area (Å²) >= 11 is 0. The number of hydrogen-bond donors (Lipinski definition) is 0. The second-order valence-corrected chi connectivity index (χ2v) is 9.60. The Morgan fingerprint density at radius 3 is 2.46 bits per heavy atom. The Kier molecular flexibility index (Phi) is 5.45. The van der Waals surface area contributed by atoms with Crippen molar-refractivity contribution in [2.24, 2.45) is 0 Å². The number of piperidine rings is 1. The third-order valence-electron chi connectivity index (χ3n) is 5.93. The summed E-state index contributed by atoms with van der Waals surface area (Å²) in [6.07, 6.45) is 2.53. The van der Waals surface area contributed by atoms with Crippen LogP contribution in [0.1, 0.15) is 36.5 Å². The van der Waals surface area contributed by atoms with Crippen LogP contribution in [0.4, 0.5) is 5.69 Å². The lowest BCUT2D eigenvalue weighted by Crippen LogP contribution is -2.48. The van der Waals surface area contributed by atoms with Gasteiger partial charge in [-0.25, -0.2) is 8.42 Å². The number of nitrogens with zero attached hydrogens (tertiary/aromatic N) is 2. The average molecular weight is 401 g/mol. The maximum Gasteiger partial charge on any atom is 0.243 e. The number of para-hydroxylation sites is 1. The quantitative estimate of drug-likeness (QED) is 0.785. The molecule has 1 fully saturated rings. The number of aryl methyl sites for hydroxylation is 2. The molecule has 28 heavy (non-hydrogen) atoms. The van der Waals surface area contributed by atoms with Gasteiger partial charge in [0.25, 0.3) is 0 Å². The van der Waals surface area contributed by atoms with E-state index >= 15 is 0 Å². The summed E-state index contributed by atoms with van der Waals surface area (Å²) in [6, 6.07) is 13.9. The van der Waals surface area contributed by atoms with E-state index in [1.54, 1.807) is 16.4 Å². The Morgan fingerprint density at radius 1 is 1.07 bits per heavy atom. The Morgan fingerprint density at radius 2 is 1.79 bits per heavy atom. The van der Waals surface area contributed by atoms with Crippen LogP contribution in [0.15, 0.2) is 47.4 Å². The van der Waals surface area contributed by atoms with Gasteiger partial charge in [-0.1, -0.05) is 37.3 Å². The topological polar surface area (TPSA) is 49.9 Å².